The zero-order chi connectivity index (χ0) is 23.7. The normalized spacial score (nSPS) is 21.9. The molecule has 7 heteroatoms. The first-order chi connectivity index (χ1) is 16.5. The summed E-state index contributed by atoms with van der Waals surface area (Å²) in [6.07, 6.45) is 4.92. The summed E-state index contributed by atoms with van der Waals surface area (Å²) in [5.41, 5.74) is 4.60. The number of aromatic nitrogens is 1. The van der Waals surface area contributed by atoms with Crippen LogP contribution in [0.15, 0.2) is 71.9 Å². The first-order valence-corrected chi connectivity index (χ1v) is 13.1. The number of phenolic OH excluding ortho intramolecular Hbond substituents is 1. The van der Waals surface area contributed by atoms with E-state index < -0.39 is 15.1 Å². The third-order valence-electron chi connectivity index (χ3n) is 6.61. The summed E-state index contributed by atoms with van der Waals surface area (Å²) in [4.78, 5) is 4.57. The molecule has 5 rings (SSSR count). The highest BCUT2D eigenvalue weighted by Crippen LogP contribution is 2.39. The van der Waals surface area contributed by atoms with Crippen molar-refractivity contribution in [3.8, 4) is 5.75 Å². The van der Waals surface area contributed by atoms with E-state index in [1.54, 1.807) is 19.4 Å². The Morgan fingerprint density at radius 3 is 2.71 bits per heavy atom. The van der Waals surface area contributed by atoms with E-state index in [9.17, 15) is 13.5 Å². The lowest BCUT2D eigenvalue weighted by molar-refractivity contribution is 0.118. The Morgan fingerprint density at radius 2 is 1.94 bits per heavy atom. The van der Waals surface area contributed by atoms with Gasteiger partial charge in [0.05, 0.1) is 30.8 Å². The SMILES string of the molecule is COCC1=C2[C@@H](CC/C(=C/c3ccc(O)c4ccccc34)c3ccccn3)OC[C@@H]2S(=O)(=O)C1. The second-order valence-corrected chi connectivity index (χ2v) is 10.9. The number of hydrogen-bond acceptors (Lipinski definition) is 6. The zero-order valence-electron chi connectivity index (χ0n) is 19.0. The summed E-state index contributed by atoms with van der Waals surface area (Å²) in [6.45, 7) is 0.522. The van der Waals surface area contributed by atoms with Crippen LogP contribution < -0.4 is 0 Å². The molecule has 0 radical (unpaired) electrons. The van der Waals surface area contributed by atoms with Gasteiger partial charge in [-0.15, -0.1) is 0 Å². The summed E-state index contributed by atoms with van der Waals surface area (Å²) in [6, 6.07) is 17.2. The van der Waals surface area contributed by atoms with Crippen LogP contribution in [0, 0.1) is 0 Å². The van der Waals surface area contributed by atoms with Crippen LogP contribution in [-0.2, 0) is 19.3 Å². The molecule has 0 aliphatic carbocycles. The van der Waals surface area contributed by atoms with Gasteiger partial charge < -0.3 is 14.6 Å². The lowest BCUT2D eigenvalue weighted by Gasteiger charge is -2.15. The fourth-order valence-electron chi connectivity index (χ4n) is 5.04. The van der Waals surface area contributed by atoms with E-state index in [1.165, 1.54) is 0 Å². The Kier molecular flexibility index (Phi) is 6.25. The highest BCUT2D eigenvalue weighted by Gasteiger charge is 2.46. The molecule has 2 atom stereocenters. The van der Waals surface area contributed by atoms with Gasteiger partial charge in [0.1, 0.15) is 11.0 Å². The van der Waals surface area contributed by atoms with E-state index in [2.05, 4.69) is 11.1 Å². The molecule has 1 fully saturated rings. The summed E-state index contributed by atoms with van der Waals surface area (Å²) in [5, 5.41) is 11.5. The van der Waals surface area contributed by atoms with Crippen molar-refractivity contribution in [3.05, 3.63) is 83.2 Å². The summed E-state index contributed by atoms with van der Waals surface area (Å²) >= 11 is 0. The van der Waals surface area contributed by atoms with Gasteiger partial charge in [-0.25, -0.2) is 8.42 Å². The van der Waals surface area contributed by atoms with E-state index in [-0.39, 0.29) is 24.2 Å². The van der Waals surface area contributed by atoms with Crippen LogP contribution in [0.2, 0.25) is 0 Å². The number of ether oxygens (including phenoxy) is 2. The van der Waals surface area contributed by atoms with Crippen LogP contribution in [0.5, 0.6) is 5.75 Å². The minimum atomic E-state index is -3.23. The molecule has 176 valence electrons. The highest BCUT2D eigenvalue weighted by molar-refractivity contribution is 7.92. The Bertz CT molecular complexity index is 1380. The van der Waals surface area contributed by atoms with E-state index in [0.717, 1.165) is 38.7 Å². The molecule has 3 heterocycles. The van der Waals surface area contributed by atoms with Crippen LogP contribution in [0.1, 0.15) is 24.1 Å². The minimum Gasteiger partial charge on any atom is -0.507 e. The number of rotatable bonds is 7. The van der Waals surface area contributed by atoms with Gasteiger partial charge in [0.2, 0.25) is 0 Å². The van der Waals surface area contributed by atoms with Crippen molar-refractivity contribution in [2.75, 3.05) is 26.1 Å². The second kappa shape index (κ2) is 9.33. The molecule has 3 aromatic rings. The third-order valence-corrected chi connectivity index (χ3v) is 8.62. The van der Waals surface area contributed by atoms with Crippen LogP contribution in [0.4, 0.5) is 0 Å². The Morgan fingerprint density at radius 1 is 1.15 bits per heavy atom. The van der Waals surface area contributed by atoms with Crippen molar-refractivity contribution in [1.29, 1.82) is 0 Å². The third kappa shape index (κ3) is 4.27. The van der Waals surface area contributed by atoms with Crippen molar-refractivity contribution < 1.29 is 23.0 Å². The maximum Gasteiger partial charge on any atom is 0.163 e. The van der Waals surface area contributed by atoms with Gasteiger partial charge in [-0.1, -0.05) is 36.4 Å². The van der Waals surface area contributed by atoms with Gasteiger partial charge in [0.15, 0.2) is 9.84 Å². The highest BCUT2D eigenvalue weighted by atomic mass is 32.2. The van der Waals surface area contributed by atoms with Crippen molar-refractivity contribution in [2.24, 2.45) is 0 Å². The lowest BCUT2D eigenvalue weighted by Crippen LogP contribution is -2.19. The van der Waals surface area contributed by atoms with E-state index in [1.807, 2.05) is 48.5 Å². The maximum atomic E-state index is 12.6. The molecular weight excluding hydrogens is 450 g/mol. The topological polar surface area (TPSA) is 85.7 Å². The summed E-state index contributed by atoms with van der Waals surface area (Å²) < 4.78 is 36.5. The van der Waals surface area contributed by atoms with Gasteiger partial charge in [-0.3, -0.25) is 4.98 Å². The predicted molar refractivity (Wildman–Crippen MR) is 133 cm³/mol. The van der Waals surface area contributed by atoms with Gasteiger partial charge in [0, 0.05) is 18.7 Å². The van der Waals surface area contributed by atoms with Gasteiger partial charge in [0.25, 0.3) is 0 Å². The molecule has 0 spiro atoms. The van der Waals surface area contributed by atoms with Gasteiger partial charge in [-0.2, -0.15) is 0 Å². The van der Waals surface area contributed by atoms with E-state index in [4.69, 9.17) is 9.47 Å². The van der Waals surface area contributed by atoms with E-state index >= 15 is 0 Å². The zero-order valence-corrected chi connectivity index (χ0v) is 19.8. The standard InChI is InChI=1S/C27H27NO5S/c1-32-15-20-17-34(30,31)26-16-33-25(27(20)26)12-10-19(23-8-4-5-13-28-23)14-18-9-11-24(29)22-7-3-2-6-21(18)22/h2-9,11,13-14,25-26,29H,10,12,15-17H2,1H3/b19-14-/t25-,26+/m1/s1. The molecule has 6 nitrogen and oxygen atoms in total. The predicted octanol–water partition coefficient (Wildman–Crippen LogP) is 4.40. The van der Waals surface area contributed by atoms with Crippen LogP contribution in [0.3, 0.4) is 0 Å². The molecule has 0 unspecified atom stereocenters. The number of aromatic hydroxyl groups is 1. The Labute approximate surface area is 199 Å². The number of fused-ring (bicyclic) bond motifs is 2. The number of pyridine rings is 1. The molecule has 0 amide bonds. The molecule has 1 aromatic heterocycles. The van der Waals surface area contributed by atoms with Crippen LogP contribution in [-0.4, -0.2) is 55.9 Å². The Balaban J connectivity index is 1.49. The fraction of sp³-hybridized carbons (Fsp3) is 0.296. The second-order valence-electron chi connectivity index (χ2n) is 8.75. The largest absolute Gasteiger partial charge is 0.507 e. The van der Waals surface area contributed by atoms with Crippen molar-refractivity contribution in [1.82, 2.24) is 4.98 Å². The number of benzene rings is 2. The molecule has 2 aliphatic heterocycles. The molecule has 0 bridgehead atoms. The monoisotopic (exact) mass is 477 g/mol. The Hall–Kier alpha value is -3.00. The smallest absolute Gasteiger partial charge is 0.163 e. The quantitative estimate of drug-likeness (QED) is 0.508. The molecule has 1 N–H and O–H groups in total. The van der Waals surface area contributed by atoms with Gasteiger partial charge in [-0.05, 0) is 64.8 Å². The minimum absolute atomic E-state index is 0.0587. The average molecular weight is 478 g/mol. The summed E-state index contributed by atoms with van der Waals surface area (Å²) in [5.74, 6) is 0.306. The molecule has 2 aliphatic rings. The van der Waals surface area contributed by atoms with Crippen molar-refractivity contribution >= 4 is 32.3 Å². The molecular formula is C27H27NO5S. The number of nitrogens with zero attached hydrogens (tertiary/aromatic N) is 1. The summed E-state index contributed by atoms with van der Waals surface area (Å²) in [7, 11) is -1.64. The number of sulfone groups is 1. The fourth-order valence-corrected chi connectivity index (χ4v) is 6.97. The average Bonchev–Trinajstić information content (AvgIpc) is 3.38. The molecule has 2 aromatic carbocycles. The van der Waals surface area contributed by atoms with E-state index in [0.29, 0.717) is 19.4 Å². The number of allylic oxidation sites excluding steroid dienone is 1. The number of hydrogen-bond donors (Lipinski definition) is 1. The molecule has 0 saturated carbocycles. The van der Waals surface area contributed by atoms with Crippen LogP contribution >= 0.6 is 0 Å². The number of methoxy groups -OCH3 is 1. The molecule has 1 saturated heterocycles. The molecule has 34 heavy (non-hydrogen) atoms. The van der Waals surface area contributed by atoms with Crippen LogP contribution in [0.25, 0.3) is 22.4 Å². The van der Waals surface area contributed by atoms with Crippen molar-refractivity contribution in [3.63, 3.8) is 0 Å². The van der Waals surface area contributed by atoms with Gasteiger partial charge >= 0.3 is 0 Å². The first kappa shape index (κ1) is 22.8. The van der Waals surface area contributed by atoms with Crippen molar-refractivity contribution in [2.45, 2.75) is 24.2 Å². The number of phenols is 1. The maximum absolute atomic E-state index is 12.6. The first-order valence-electron chi connectivity index (χ1n) is 11.3. The lowest BCUT2D eigenvalue weighted by atomic mass is 9.94.